The normalized spacial score (nSPS) is 11.0. The standard InChI is InChI=1S/C15H10N4O2/c20-11-3-1-2-10(6-11)15-18-14(19-21-15)9-4-5-12-13(7-9)17-8-16-12/h1-8,20H,(H,16,17). The topological polar surface area (TPSA) is 87.8 Å². The Kier molecular flexibility index (Phi) is 2.47. The number of phenols is 1. The number of hydrogen-bond donors (Lipinski definition) is 2. The molecule has 2 aromatic heterocycles. The van der Waals surface area contributed by atoms with Crippen LogP contribution >= 0.6 is 0 Å². The van der Waals surface area contributed by atoms with Crippen LogP contribution in [0.5, 0.6) is 5.75 Å². The molecule has 0 saturated carbocycles. The second kappa shape index (κ2) is 4.45. The third-order valence-corrected chi connectivity index (χ3v) is 3.20. The lowest BCUT2D eigenvalue weighted by molar-refractivity contribution is 0.431. The van der Waals surface area contributed by atoms with Crippen LogP contribution in [0, 0.1) is 0 Å². The van der Waals surface area contributed by atoms with Gasteiger partial charge in [-0.25, -0.2) is 4.98 Å². The third kappa shape index (κ3) is 2.02. The molecule has 4 aromatic rings. The fourth-order valence-corrected chi connectivity index (χ4v) is 2.17. The molecule has 2 N–H and O–H groups in total. The molecule has 2 heterocycles. The summed E-state index contributed by atoms with van der Waals surface area (Å²) in [4.78, 5) is 11.6. The van der Waals surface area contributed by atoms with Gasteiger partial charge in [-0.15, -0.1) is 0 Å². The number of nitrogens with zero attached hydrogens (tertiary/aromatic N) is 3. The average Bonchev–Trinajstić information content (AvgIpc) is 3.15. The van der Waals surface area contributed by atoms with Gasteiger partial charge < -0.3 is 14.6 Å². The van der Waals surface area contributed by atoms with Gasteiger partial charge in [0, 0.05) is 11.1 Å². The predicted molar refractivity (Wildman–Crippen MR) is 76.5 cm³/mol. The molecule has 0 aliphatic heterocycles. The number of aromatic nitrogens is 4. The number of aromatic amines is 1. The fourth-order valence-electron chi connectivity index (χ4n) is 2.17. The maximum absolute atomic E-state index is 9.49. The van der Waals surface area contributed by atoms with Gasteiger partial charge in [-0.3, -0.25) is 0 Å². The van der Waals surface area contributed by atoms with Gasteiger partial charge in [0.05, 0.1) is 17.4 Å². The molecule has 0 unspecified atom stereocenters. The first-order valence-corrected chi connectivity index (χ1v) is 6.36. The van der Waals surface area contributed by atoms with E-state index in [2.05, 4.69) is 20.1 Å². The minimum absolute atomic E-state index is 0.158. The van der Waals surface area contributed by atoms with Gasteiger partial charge in [-0.05, 0) is 36.4 Å². The van der Waals surface area contributed by atoms with E-state index in [1.165, 1.54) is 0 Å². The highest BCUT2D eigenvalue weighted by Gasteiger charge is 2.11. The highest BCUT2D eigenvalue weighted by molar-refractivity contribution is 5.80. The summed E-state index contributed by atoms with van der Waals surface area (Å²) in [6, 6.07) is 12.4. The van der Waals surface area contributed by atoms with Crippen molar-refractivity contribution in [2.24, 2.45) is 0 Å². The molecular formula is C15H10N4O2. The van der Waals surface area contributed by atoms with E-state index in [0.717, 1.165) is 16.6 Å². The Bertz CT molecular complexity index is 926. The number of imidazole rings is 1. The molecule has 0 saturated heterocycles. The van der Waals surface area contributed by atoms with E-state index in [0.29, 0.717) is 17.3 Å². The summed E-state index contributed by atoms with van der Waals surface area (Å²) in [5.74, 6) is 1.02. The van der Waals surface area contributed by atoms with Crippen molar-refractivity contribution < 1.29 is 9.63 Å². The Labute approximate surface area is 119 Å². The first kappa shape index (κ1) is 11.7. The summed E-state index contributed by atoms with van der Waals surface area (Å²) >= 11 is 0. The van der Waals surface area contributed by atoms with Crippen molar-refractivity contribution in [1.82, 2.24) is 20.1 Å². The van der Waals surface area contributed by atoms with Crippen LogP contribution in [0.1, 0.15) is 0 Å². The zero-order valence-corrected chi connectivity index (χ0v) is 10.8. The predicted octanol–water partition coefficient (Wildman–Crippen LogP) is 2.99. The van der Waals surface area contributed by atoms with Gasteiger partial charge in [-0.2, -0.15) is 4.98 Å². The molecule has 0 fully saturated rings. The van der Waals surface area contributed by atoms with E-state index in [9.17, 15) is 5.11 Å². The van der Waals surface area contributed by atoms with Gasteiger partial charge in [0.1, 0.15) is 5.75 Å². The first-order valence-electron chi connectivity index (χ1n) is 6.36. The molecule has 0 aliphatic rings. The number of rotatable bonds is 2. The molecular weight excluding hydrogens is 268 g/mol. The molecule has 0 atom stereocenters. The van der Waals surface area contributed by atoms with Crippen LogP contribution < -0.4 is 0 Å². The van der Waals surface area contributed by atoms with Crippen LogP contribution in [0.3, 0.4) is 0 Å². The van der Waals surface area contributed by atoms with E-state index >= 15 is 0 Å². The average molecular weight is 278 g/mol. The first-order chi connectivity index (χ1) is 10.3. The maximum atomic E-state index is 9.49. The van der Waals surface area contributed by atoms with Crippen molar-refractivity contribution in [3.63, 3.8) is 0 Å². The molecule has 0 spiro atoms. The number of phenolic OH excluding ortho intramolecular Hbond substituents is 1. The van der Waals surface area contributed by atoms with Crippen molar-refractivity contribution in [2.45, 2.75) is 0 Å². The number of fused-ring (bicyclic) bond motifs is 1. The summed E-state index contributed by atoms with van der Waals surface area (Å²) in [7, 11) is 0. The third-order valence-electron chi connectivity index (χ3n) is 3.20. The quantitative estimate of drug-likeness (QED) is 0.588. The Morgan fingerprint density at radius 2 is 2.00 bits per heavy atom. The molecule has 6 nitrogen and oxygen atoms in total. The van der Waals surface area contributed by atoms with Crippen molar-refractivity contribution in [1.29, 1.82) is 0 Å². The Morgan fingerprint density at radius 1 is 1.05 bits per heavy atom. The fraction of sp³-hybridized carbons (Fsp3) is 0. The molecule has 21 heavy (non-hydrogen) atoms. The van der Waals surface area contributed by atoms with E-state index in [1.807, 2.05) is 18.2 Å². The highest BCUT2D eigenvalue weighted by atomic mass is 16.5. The molecule has 2 aromatic carbocycles. The zero-order valence-electron chi connectivity index (χ0n) is 10.8. The summed E-state index contributed by atoms with van der Waals surface area (Å²) in [6.45, 7) is 0. The number of hydrogen-bond acceptors (Lipinski definition) is 5. The van der Waals surface area contributed by atoms with Crippen LogP contribution in [0.15, 0.2) is 53.3 Å². The molecule has 6 heteroatoms. The second-order valence-electron chi connectivity index (χ2n) is 4.61. The summed E-state index contributed by atoms with van der Waals surface area (Å²) < 4.78 is 5.26. The Balaban J connectivity index is 1.76. The van der Waals surface area contributed by atoms with Gasteiger partial charge in [0.2, 0.25) is 5.82 Å². The minimum atomic E-state index is 0.158. The molecule has 0 bridgehead atoms. The van der Waals surface area contributed by atoms with E-state index in [1.54, 1.807) is 30.6 Å². The summed E-state index contributed by atoms with van der Waals surface area (Å²) in [5.41, 5.74) is 3.31. The largest absolute Gasteiger partial charge is 0.508 e. The van der Waals surface area contributed by atoms with Crippen molar-refractivity contribution in [3.05, 3.63) is 48.8 Å². The van der Waals surface area contributed by atoms with Gasteiger partial charge in [0.15, 0.2) is 0 Å². The lowest BCUT2D eigenvalue weighted by Gasteiger charge is -1.95. The molecule has 4 rings (SSSR count). The van der Waals surface area contributed by atoms with Crippen LogP contribution in [-0.2, 0) is 0 Å². The maximum Gasteiger partial charge on any atom is 0.258 e. The Hall–Kier alpha value is -3.15. The summed E-state index contributed by atoms with van der Waals surface area (Å²) in [5, 5.41) is 13.5. The van der Waals surface area contributed by atoms with E-state index in [4.69, 9.17) is 4.52 Å². The van der Waals surface area contributed by atoms with Crippen LogP contribution in [-0.4, -0.2) is 25.2 Å². The number of H-pyrrole nitrogens is 1. The lowest BCUT2D eigenvalue weighted by Crippen LogP contribution is -1.82. The molecule has 0 aliphatic carbocycles. The molecule has 0 radical (unpaired) electrons. The van der Waals surface area contributed by atoms with Crippen molar-refractivity contribution >= 4 is 11.0 Å². The van der Waals surface area contributed by atoms with E-state index < -0.39 is 0 Å². The number of benzene rings is 2. The van der Waals surface area contributed by atoms with Crippen LogP contribution in [0.4, 0.5) is 0 Å². The highest BCUT2D eigenvalue weighted by Crippen LogP contribution is 2.25. The van der Waals surface area contributed by atoms with Crippen molar-refractivity contribution in [3.8, 4) is 28.6 Å². The van der Waals surface area contributed by atoms with Crippen LogP contribution in [0.25, 0.3) is 33.9 Å². The molecule has 102 valence electrons. The van der Waals surface area contributed by atoms with E-state index in [-0.39, 0.29) is 5.75 Å². The second-order valence-corrected chi connectivity index (χ2v) is 4.61. The zero-order chi connectivity index (χ0) is 14.2. The summed E-state index contributed by atoms with van der Waals surface area (Å²) in [6.07, 6.45) is 1.64. The smallest absolute Gasteiger partial charge is 0.258 e. The van der Waals surface area contributed by atoms with Crippen molar-refractivity contribution in [2.75, 3.05) is 0 Å². The van der Waals surface area contributed by atoms with Crippen LogP contribution in [0.2, 0.25) is 0 Å². The monoisotopic (exact) mass is 278 g/mol. The van der Waals surface area contributed by atoms with Gasteiger partial charge in [-0.1, -0.05) is 11.2 Å². The number of nitrogens with one attached hydrogen (secondary N) is 1. The minimum Gasteiger partial charge on any atom is -0.508 e. The Morgan fingerprint density at radius 3 is 2.90 bits per heavy atom. The number of aromatic hydroxyl groups is 1. The van der Waals surface area contributed by atoms with Gasteiger partial charge >= 0.3 is 0 Å². The van der Waals surface area contributed by atoms with Gasteiger partial charge in [0.25, 0.3) is 5.89 Å². The SMILES string of the molecule is Oc1cccc(-c2nc(-c3ccc4nc[nH]c4c3)no2)c1. The molecule has 0 amide bonds. The lowest BCUT2D eigenvalue weighted by atomic mass is 10.2.